The summed E-state index contributed by atoms with van der Waals surface area (Å²) in [7, 11) is 0. The Morgan fingerprint density at radius 2 is 2.28 bits per heavy atom. The first-order valence-corrected chi connectivity index (χ1v) is 6.91. The Labute approximate surface area is 109 Å². The molecule has 1 fully saturated rings. The van der Waals surface area contributed by atoms with E-state index in [2.05, 4.69) is 10.6 Å². The molecule has 0 spiro atoms. The van der Waals surface area contributed by atoms with Gasteiger partial charge in [-0.1, -0.05) is 6.42 Å². The molecule has 2 amide bonds. The van der Waals surface area contributed by atoms with Crippen LogP contribution < -0.4 is 10.6 Å². The van der Waals surface area contributed by atoms with E-state index >= 15 is 0 Å². The van der Waals surface area contributed by atoms with Crippen molar-refractivity contribution in [3.63, 3.8) is 0 Å². The average molecular weight is 268 g/mol. The van der Waals surface area contributed by atoms with Crippen LogP contribution in [0.1, 0.15) is 19.3 Å². The van der Waals surface area contributed by atoms with Crippen molar-refractivity contribution in [1.82, 2.24) is 5.32 Å². The normalized spacial score (nSPS) is 22.7. The number of carbonyl (C=O) groups is 2. The molecule has 0 bridgehead atoms. The lowest BCUT2D eigenvalue weighted by molar-refractivity contribution is -0.142. The Morgan fingerprint density at radius 3 is 2.94 bits per heavy atom. The Bertz CT molecular complexity index is 419. The molecule has 98 valence electrons. The first-order valence-electron chi connectivity index (χ1n) is 5.96. The number of amides is 2. The molecule has 2 rings (SSSR count). The number of thiophene rings is 1. The fourth-order valence-corrected chi connectivity index (χ4v) is 2.93. The number of anilines is 1. The minimum Gasteiger partial charge on any atom is -0.481 e. The number of hydrogen-bond acceptors (Lipinski definition) is 3. The molecule has 0 saturated heterocycles. The summed E-state index contributed by atoms with van der Waals surface area (Å²) in [6, 6.07) is 1.55. The zero-order chi connectivity index (χ0) is 13.0. The van der Waals surface area contributed by atoms with E-state index < -0.39 is 5.97 Å². The number of carboxylic acid groups (broad SMARTS) is 1. The smallest absolute Gasteiger partial charge is 0.319 e. The second-order valence-electron chi connectivity index (χ2n) is 4.48. The van der Waals surface area contributed by atoms with Crippen LogP contribution in [-0.2, 0) is 4.79 Å². The Kier molecular flexibility index (Phi) is 4.19. The first kappa shape index (κ1) is 12.9. The van der Waals surface area contributed by atoms with Gasteiger partial charge in [-0.05, 0) is 30.2 Å². The molecular weight excluding hydrogens is 252 g/mol. The lowest BCUT2D eigenvalue weighted by Crippen LogP contribution is -2.35. The Balaban J connectivity index is 1.77. The molecule has 1 heterocycles. The average Bonchev–Trinajstić information content (AvgIpc) is 2.96. The third-order valence-corrected chi connectivity index (χ3v) is 3.96. The first-order chi connectivity index (χ1) is 8.66. The topological polar surface area (TPSA) is 78.4 Å². The quantitative estimate of drug-likeness (QED) is 0.784. The highest BCUT2D eigenvalue weighted by Gasteiger charge is 2.32. The molecule has 2 atom stereocenters. The van der Waals surface area contributed by atoms with Crippen LogP contribution in [0.3, 0.4) is 0 Å². The number of urea groups is 1. The third kappa shape index (κ3) is 3.22. The van der Waals surface area contributed by atoms with Gasteiger partial charge in [-0.3, -0.25) is 4.79 Å². The predicted molar refractivity (Wildman–Crippen MR) is 69.8 cm³/mol. The predicted octanol–water partition coefficient (Wildman–Crippen LogP) is 2.37. The van der Waals surface area contributed by atoms with Gasteiger partial charge < -0.3 is 15.7 Å². The van der Waals surface area contributed by atoms with Crippen LogP contribution in [0.5, 0.6) is 0 Å². The summed E-state index contributed by atoms with van der Waals surface area (Å²) in [5.41, 5.74) is 0.763. The summed E-state index contributed by atoms with van der Waals surface area (Å²) < 4.78 is 0. The molecule has 5 nitrogen and oxygen atoms in total. The fraction of sp³-hybridized carbons (Fsp3) is 0.500. The highest BCUT2D eigenvalue weighted by molar-refractivity contribution is 7.08. The summed E-state index contributed by atoms with van der Waals surface area (Å²) in [4.78, 5) is 22.6. The van der Waals surface area contributed by atoms with Gasteiger partial charge in [-0.2, -0.15) is 11.3 Å². The minimum atomic E-state index is -0.752. The van der Waals surface area contributed by atoms with Gasteiger partial charge in [0.05, 0.1) is 11.6 Å². The molecule has 1 aliphatic carbocycles. The molecule has 1 aliphatic rings. The van der Waals surface area contributed by atoms with Gasteiger partial charge in [0.1, 0.15) is 0 Å². The zero-order valence-corrected chi connectivity index (χ0v) is 10.7. The molecular formula is C12H16N2O3S. The molecule has 18 heavy (non-hydrogen) atoms. The van der Waals surface area contributed by atoms with Crippen LogP contribution in [0, 0.1) is 11.8 Å². The van der Waals surface area contributed by atoms with E-state index in [4.69, 9.17) is 5.11 Å². The molecule has 6 heteroatoms. The van der Waals surface area contributed by atoms with Crippen LogP contribution in [0.15, 0.2) is 16.8 Å². The maximum Gasteiger partial charge on any atom is 0.319 e. The van der Waals surface area contributed by atoms with Crippen LogP contribution in [0.2, 0.25) is 0 Å². The van der Waals surface area contributed by atoms with Crippen molar-refractivity contribution < 1.29 is 14.7 Å². The molecule has 1 saturated carbocycles. The molecule has 1 aromatic rings. The van der Waals surface area contributed by atoms with Gasteiger partial charge >= 0.3 is 12.0 Å². The van der Waals surface area contributed by atoms with Crippen molar-refractivity contribution in [1.29, 1.82) is 0 Å². The van der Waals surface area contributed by atoms with E-state index in [0.717, 1.165) is 18.5 Å². The fourth-order valence-electron chi connectivity index (χ4n) is 2.34. The van der Waals surface area contributed by atoms with Gasteiger partial charge in [0.25, 0.3) is 0 Å². The SMILES string of the molecule is O=C(NCC1CCCC1C(=O)O)Nc1ccsc1. The minimum absolute atomic E-state index is 0.0516. The van der Waals surface area contributed by atoms with Gasteiger partial charge in [-0.25, -0.2) is 4.79 Å². The second-order valence-corrected chi connectivity index (χ2v) is 5.26. The third-order valence-electron chi connectivity index (χ3n) is 3.28. The van der Waals surface area contributed by atoms with Gasteiger partial charge in [0.15, 0.2) is 0 Å². The van der Waals surface area contributed by atoms with Crippen LogP contribution in [0.25, 0.3) is 0 Å². The van der Waals surface area contributed by atoms with Gasteiger partial charge in [0, 0.05) is 11.9 Å². The van der Waals surface area contributed by atoms with Gasteiger partial charge in [0.2, 0.25) is 0 Å². The van der Waals surface area contributed by atoms with Crippen molar-refractivity contribution in [3.8, 4) is 0 Å². The number of hydrogen-bond donors (Lipinski definition) is 3. The highest BCUT2D eigenvalue weighted by Crippen LogP contribution is 2.31. The standard InChI is InChI=1S/C12H16N2O3S/c15-11(16)10-3-1-2-8(10)6-13-12(17)14-9-4-5-18-7-9/h4-5,7-8,10H,1-3,6H2,(H,15,16)(H2,13,14,17). The van der Waals surface area contributed by atoms with Crippen molar-refractivity contribution >= 4 is 29.0 Å². The van der Waals surface area contributed by atoms with Crippen molar-refractivity contribution in [2.24, 2.45) is 11.8 Å². The van der Waals surface area contributed by atoms with Gasteiger partial charge in [-0.15, -0.1) is 0 Å². The molecule has 0 radical (unpaired) electrons. The Hall–Kier alpha value is -1.56. The number of nitrogens with one attached hydrogen (secondary N) is 2. The zero-order valence-electron chi connectivity index (χ0n) is 9.89. The monoisotopic (exact) mass is 268 g/mol. The summed E-state index contributed by atoms with van der Waals surface area (Å²) in [5, 5.41) is 18.2. The summed E-state index contributed by atoms with van der Waals surface area (Å²) in [6.45, 7) is 0.424. The van der Waals surface area contributed by atoms with Crippen molar-refractivity contribution in [3.05, 3.63) is 16.8 Å². The number of rotatable bonds is 4. The van der Waals surface area contributed by atoms with E-state index in [0.29, 0.717) is 13.0 Å². The van der Waals surface area contributed by atoms with Crippen molar-refractivity contribution in [2.45, 2.75) is 19.3 Å². The molecule has 0 aliphatic heterocycles. The summed E-state index contributed by atoms with van der Waals surface area (Å²) >= 11 is 1.51. The second kappa shape index (κ2) is 5.86. The largest absolute Gasteiger partial charge is 0.481 e. The van der Waals surface area contributed by atoms with Crippen LogP contribution in [0.4, 0.5) is 10.5 Å². The molecule has 3 N–H and O–H groups in total. The van der Waals surface area contributed by atoms with Crippen molar-refractivity contribution in [2.75, 3.05) is 11.9 Å². The van der Waals surface area contributed by atoms with E-state index in [9.17, 15) is 9.59 Å². The maximum atomic E-state index is 11.6. The highest BCUT2D eigenvalue weighted by atomic mass is 32.1. The lowest BCUT2D eigenvalue weighted by Gasteiger charge is -2.16. The van der Waals surface area contributed by atoms with E-state index in [1.54, 1.807) is 0 Å². The van der Waals surface area contributed by atoms with E-state index in [1.807, 2.05) is 16.8 Å². The van der Waals surface area contributed by atoms with Crippen LogP contribution in [-0.4, -0.2) is 23.7 Å². The van der Waals surface area contributed by atoms with E-state index in [-0.39, 0.29) is 17.9 Å². The number of carboxylic acids is 1. The summed E-state index contributed by atoms with van der Waals surface area (Å²) in [6.07, 6.45) is 2.51. The number of carbonyl (C=O) groups excluding carboxylic acids is 1. The lowest BCUT2D eigenvalue weighted by atomic mass is 9.96. The molecule has 0 aromatic carbocycles. The number of aliphatic carboxylic acids is 1. The Morgan fingerprint density at radius 1 is 1.44 bits per heavy atom. The summed E-state index contributed by atoms with van der Waals surface area (Å²) in [5.74, 6) is -1.01. The van der Waals surface area contributed by atoms with E-state index in [1.165, 1.54) is 11.3 Å². The molecule has 1 aromatic heterocycles. The molecule has 2 unspecified atom stereocenters. The maximum absolute atomic E-state index is 11.6. The van der Waals surface area contributed by atoms with Crippen LogP contribution >= 0.6 is 11.3 Å².